The van der Waals surface area contributed by atoms with Crippen LogP contribution in [-0.4, -0.2) is 44.7 Å². The van der Waals surface area contributed by atoms with Gasteiger partial charge in [-0.25, -0.2) is 0 Å². The summed E-state index contributed by atoms with van der Waals surface area (Å²) in [6.07, 6.45) is 17.4. The monoisotopic (exact) mass is 378 g/mol. The average molecular weight is 379 g/mol. The Morgan fingerprint density at radius 2 is 1.81 bits per heavy atom. The smallest absolute Gasteiger partial charge is 0.303 e. The fourth-order valence-corrected chi connectivity index (χ4v) is 3.29. The molecule has 0 aliphatic heterocycles. The maximum Gasteiger partial charge on any atom is 0.303 e. The molecule has 1 aliphatic carbocycles. The summed E-state index contributed by atoms with van der Waals surface area (Å²) < 4.78 is 0. The largest absolute Gasteiger partial charge is 0.481 e. The molecule has 5 atom stereocenters. The molecule has 0 aromatic rings. The molecular formula is C22H34O5. The van der Waals surface area contributed by atoms with Crippen LogP contribution in [0.15, 0.2) is 48.6 Å². The summed E-state index contributed by atoms with van der Waals surface area (Å²) >= 11 is 0. The van der Waals surface area contributed by atoms with Gasteiger partial charge in [-0.2, -0.15) is 0 Å². The van der Waals surface area contributed by atoms with Crippen LogP contribution in [0.5, 0.6) is 0 Å². The highest BCUT2D eigenvalue weighted by atomic mass is 16.4. The summed E-state index contributed by atoms with van der Waals surface area (Å²) in [5, 5.41) is 39.0. The molecule has 0 spiro atoms. The van der Waals surface area contributed by atoms with Gasteiger partial charge in [0.1, 0.15) is 0 Å². The van der Waals surface area contributed by atoms with Crippen molar-refractivity contribution >= 4 is 5.97 Å². The van der Waals surface area contributed by atoms with Crippen LogP contribution in [0.25, 0.3) is 0 Å². The van der Waals surface area contributed by atoms with Gasteiger partial charge in [0.15, 0.2) is 0 Å². The zero-order valence-electron chi connectivity index (χ0n) is 16.2. The molecule has 5 heteroatoms. The van der Waals surface area contributed by atoms with Gasteiger partial charge in [-0.1, -0.05) is 55.5 Å². The number of aliphatic carboxylic acids is 1. The Bertz CT molecular complexity index is 535. The molecule has 0 unspecified atom stereocenters. The van der Waals surface area contributed by atoms with Crippen molar-refractivity contribution in [1.82, 2.24) is 0 Å². The molecule has 0 saturated heterocycles. The predicted octanol–water partition coefficient (Wildman–Crippen LogP) is 3.38. The van der Waals surface area contributed by atoms with E-state index >= 15 is 0 Å². The van der Waals surface area contributed by atoms with E-state index in [2.05, 4.69) is 0 Å². The van der Waals surface area contributed by atoms with E-state index in [0.717, 1.165) is 6.42 Å². The normalized spacial score (nSPS) is 27.6. The Balaban J connectivity index is 2.47. The molecule has 1 fully saturated rings. The number of hydrogen-bond acceptors (Lipinski definition) is 4. The number of hydrogen-bond donors (Lipinski definition) is 4. The number of carboxylic acid groups (broad SMARTS) is 1. The third-order valence-electron chi connectivity index (χ3n) is 4.79. The van der Waals surface area contributed by atoms with Crippen molar-refractivity contribution in [2.75, 3.05) is 0 Å². The van der Waals surface area contributed by atoms with Crippen LogP contribution < -0.4 is 0 Å². The van der Waals surface area contributed by atoms with Gasteiger partial charge in [0.05, 0.1) is 18.3 Å². The standard InChI is InChI=1S/C22H34O5/c1-2-3-8-11-17(23)14-15-19-18(20(24)16-21(19)25)12-9-6-4-5-7-10-13-22(26)27/h3,5-9,14-15,17-21,23-25H,2,4,10-13,16H2,1H3,(H,26,27)/b7-5-,8-3-,9-6-,15-14+/t17-,18+,19+,20-,21+/m1/s1. The molecule has 4 N–H and O–H groups in total. The van der Waals surface area contributed by atoms with Crippen molar-refractivity contribution in [3.63, 3.8) is 0 Å². The first-order valence-electron chi connectivity index (χ1n) is 9.85. The minimum atomic E-state index is -0.797. The van der Waals surface area contributed by atoms with E-state index in [1.165, 1.54) is 0 Å². The maximum atomic E-state index is 10.4. The van der Waals surface area contributed by atoms with Crippen LogP contribution in [0, 0.1) is 11.8 Å². The summed E-state index contributed by atoms with van der Waals surface area (Å²) in [6.45, 7) is 2.04. The number of allylic oxidation sites excluding steroid dienone is 5. The van der Waals surface area contributed by atoms with Gasteiger partial charge in [0.25, 0.3) is 0 Å². The molecule has 1 saturated carbocycles. The second kappa shape index (κ2) is 13.5. The summed E-state index contributed by atoms with van der Waals surface area (Å²) in [6, 6.07) is 0. The second-order valence-corrected chi connectivity index (χ2v) is 7.03. The SMILES string of the molecule is CC/C=C\C[C@@H](O)/C=C/[C@H]1[C@H](C/C=C\C/C=C\CCC(=O)O)[C@H](O)C[C@@H]1O. The van der Waals surface area contributed by atoms with Crippen molar-refractivity contribution in [3.8, 4) is 0 Å². The van der Waals surface area contributed by atoms with E-state index in [9.17, 15) is 20.1 Å². The van der Waals surface area contributed by atoms with Crippen molar-refractivity contribution in [1.29, 1.82) is 0 Å². The van der Waals surface area contributed by atoms with Crippen LogP contribution in [0.2, 0.25) is 0 Å². The fraction of sp³-hybridized carbons (Fsp3) is 0.591. The Morgan fingerprint density at radius 1 is 1.07 bits per heavy atom. The first kappa shape index (κ1) is 23.3. The van der Waals surface area contributed by atoms with Crippen molar-refractivity contribution in [2.45, 2.75) is 70.2 Å². The van der Waals surface area contributed by atoms with Crippen LogP contribution in [0.4, 0.5) is 0 Å². The van der Waals surface area contributed by atoms with Crippen LogP contribution in [0.3, 0.4) is 0 Å². The molecule has 1 rings (SSSR count). The van der Waals surface area contributed by atoms with Crippen molar-refractivity contribution < 1.29 is 25.2 Å². The van der Waals surface area contributed by atoms with E-state index in [-0.39, 0.29) is 18.3 Å². The molecule has 152 valence electrons. The Labute approximate surface area is 162 Å². The predicted molar refractivity (Wildman–Crippen MR) is 107 cm³/mol. The van der Waals surface area contributed by atoms with Crippen LogP contribution in [-0.2, 0) is 4.79 Å². The number of aliphatic hydroxyl groups is 3. The maximum absolute atomic E-state index is 10.4. The lowest BCUT2D eigenvalue weighted by molar-refractivity contribution is -0.136. The highest BCUT2D eigenvalue weighted by Crippen LogP contribution is 2.36. The van der Waals surface area contributed by atoms with Gasteiger partial charge in [-0.15, -0.1) is 0 Å². The van der Waals surface area contributed by atoms with E-state index < -0.39 is 24.3 Å². The lowest BCUT2D eigenvalue weighted by Crippen LogP contribution is -2.20. The quantitative estimate of drug-likeness (QED) is 0.390. The number of carboxylic acids is 1. The highest BCUT2D eigenvalue weighted by molar-refractivity contribution is 5.66. The molecule has 1 aliphatic rings. The van der Waals surface area contributed by atoms with Crippen LogP contribution >= 0.6 is 0 Å². The lowest BCUT2D eigenvalue weighted by atomic mass is 9.89. The molecule has 0 heterocycles. The van der Waals surface area contributed by atoms with Gasteiger partial charge in [0.2, 0.25) is 0 Å². The topological polar surface area (TPSA) is 98.0 Å². The van der Waals surface area contributed by atoms with Gasteiger partial charge < -0.3 is 20.4 Å². The molecular weight excluding hydrogens is 344 g/mol. The summed E-state index contributed by atoms with van der Waals surface area (Å²) in [7, 11) is 0. The molecule has 0 radical (unpaired) electrons. The minimum absolute atomic E-state index is 0.0677. The Hall–Kier alpha value is -1.69. The molecule has 27 heavy (non-hydrogen) atoms. The third kappa shape index (κ3) is 9.70. The molecule has 0 bridgehead atoms. The highest BCUT2D eigenvalue weighted by Gasteiger charge is 2.39. The molecule has 5 nitrogen and oxygen atoms in total. The zero-order valence-corrected chi connectivity index (χ0v) is 16.2. The lowest BCUT2D eigenvalue weighted by Gasteiger charge is -2.19. The summed E-state index contributed by atoms with van der Waals surface area (Å²) in [4.78, 5) is 10.4. The molecule has 0 amide bonds. The Morgan fingerprint density at radius 3 is 2.52 bits per heavy atom. The van der Waals surface area contributed by atoms with E-state index in [4.69, 9.17) is 5.11 Å². The first-order valence-corrected chi connectivity index (χ1v) is 9.85. The van der Waals surface area contributed by atoms with Crippen molar-refractivity contribution in [2.24, 2.45) is 11.8 Å². The van der Waals surface area contributed by atoms with Gasteiger partial charge in [0, 0.05) is 18.8 Å². The van der Waals surface area contributed by atoms with Crippen molar-refractivity contribution in [3.05, 3.63) is 48.6 Å². The summed E-state index contributed by atoms with van der Waals surface area (Å²) in [5.74, 6) is -1.03. The van der Waals surface area contributed by atoms with Gasteiger partial charge in [-0.3, -0.25) is 4.79 Å². The average Bonchev–Trinajstić information content (AvgIpc) is 2.88. The minimum Gasteiger partial charge on any atom is -0.481 e. The second-order valence-electron chi connectivity index (χ2n) is 7.03. The fourth-order valence-electron chi connectivity index (χ4n) is 3.29. The van der Waals surface area contributed by atoms with Crippen LogP contribution in [0.1, 0.15) is 51.9 Å². The number of rotatable bonds is 12. The van der Waals surface area contributed by atoms with Gasteiger partial charge >= 0.3 is 5.97 Å². The first-order chi connectivity index (χ1) is 13.0. The zero-order chi connectivity index (χ0) is 20.1. The van der Waals surface area contributed by atoms with Gasteiger partial charge in [-0.05, 0) is 38.0 Å². The Kier molecular flexibility index (Phi) is 11.7. The van der Waals surface area contributed by atoms with E-state index in [1.54, 1.807) is 6.08 Å². The molecule has 0 aromatic heterocycles. The number of carbonyl (C=O) groups is 1. The van der Waals surface area contributed by atoms with E-state index in [1.807, 2.05) is 49.5 Å². The van der Waals surface area contributed by atoms with E-state index in [0.29, 0.717) is 32.1 Å². The summed E-state index contributed by atoms with van der Waals surface area (Å²) in [5.41, 5.74) is 0. The number of aliphatic hydroxyl groups excluding tert-OH is 3. The third-order valence-corrected chi connectivity index (χ3v) is 4.79. The molecule has 0 aromatic carbocycles.